The van der Waals surface area contributed by atoms with Gasteiger partial charge in [-0.1, -0.05) is 190 Å². The molecule has 2 heteroatoms. The fourth-order valence-electron chi connectivity index (χ4n) is 11.5. The Kier molecular flexibility index (Phi) is 8.11. The SMILES string of the molecule is CC1(C)c2ccccc2-c2ccc(N(c3cccc(-c4cccc5ccc6sc7ccccc7c6c45)c3)c3ccc4c(c3)C(c3ccccc3)(c3ccccc3)c3ccccc3-4)cc21. The van der Waals surface area contributed by atoms with Crippen molar-refractivity contribution < 1.29 is 0 Å². The number of hydrogen-bond donors (Lipinski definition) is 0. The highest BCUT2D eigenvalue weighted by Gasteiger charge is 2.46. The van der Waals surface area contributed by atoms with E-state index < -0.39 is 5.41 Å². The lowest BCUT2D eigenvalue weighted by Gasteiger charge is -2.35. The van der Waals surface area contributed by atoms with Crippen LogP contribution in [0.4, 0.5) is 17.1 Å². The number of anilines is 3. The lowest BCUT2D eigenvalue weighted by Crippen LogP contribution is -2.28. The zero-order chi connectivity index (χ0) is 42.6. The Morgan fingerprint density at radius 2 is 0.922 bits per heavy atom. The molecule has 0 unspecified atom stereocenters. The molecule has 13 rings (SSSR count). The summed E-state index contributed by atoms with van der Waals surface area (Å²) in [7, 11) is 0. The molecule has 0 radical (unpaired) electrons. The van der Waals surface area contributed by atoms with E-state index in [1.54, 1.807) is 0 Å². The van der Waals surface area contributed by atoms with Crippen molar-refractivity contribution in [3.05, 3.63) is 258 Å². The first-order valence-electron chi connectivity index (χ1n) is 22.3. The monoisotopic (exact) mass is 833 g/mol. The van der Waals surface area contributed by atoms with E-state index in [1.807, 2.05) is 11.3 Å². The molecule has 0 amide bonds. The third kappa shape index (κ3) is 5.24. The second-order valence-corrected chi connectivity index (χ2v) is 19.1. The van der Waals surface area contributed by atoms with Crippen molar-refractivity contribution in [2.75, 3.05) is 4.90 Å². The topological polar surface area (TPSA) is 3.24 Å². The third-order valence-corrected chi connectivity index (χ3v) is 15.5. The van der Waals surface area contributed by atoms with Gasteiger partial charge in [-0.05, 0) is 126 Å². The molecule has 0 saturated heterocycles. The Balaban J connectivity index is 1.07. The largest absolute Gasteiger partial charge is 0.310 e. The Morgan fingerprint density at radius 1 is 0.359 bits per heavy atom. The molecule has 64 heavy (non-hydrogen) atoms. The van der Waals surface area contributed by atoms with Crippen LogP contribution >= 0.6 is 11.3 Å². The molecular weight excluding hydrogens is 791 g/mol. The fraction of sp³-hybridized carbons (Fsp3) is 0.0645. The van der Waals surface area contributed by atoms with Crippen LogP contribution in [0, 0.1) is 0 Å². The zero-order valence-corrected chi connectivity index (χ0v) is 36.5. The molecule has 1 aromatic heterocycles. The maximum atomic E-state index is 2.51. The highest BCUT2D eigenvalue weighted by Crippen LogP contribution is 2.58. The van der Waals surface area contributed by atoms with Gasteiger partial charge in [-0.2, -0.15) is 0 Å². The Bertz CT molecular complexity index is 3610. The molecule has 1 heterocycles. The van der Waals surface area contributed by atoms with Crippen LogP contribution in [-0.2, 0) is 10.8 Å². The lowest BCUT2D eigenvalue weighted by molar-refractivity contribution is 0.660. The maximum Gasteiger partial charge on any atom is 0.0714 e. The summed E-state index contributed by atoms with van der Waals surface area (Å²) in [6.07, 6.45) is 0. The van der Waals surface area contributed by atoms with E-state index in [2.05, 4.69) is 243 Å². The standard InChI is InChI=1S/C62H43NS/c1-61(2)53-28-12-9-24-48(53)50-34-32-45(38-55(50)61)63(44-23-15-18-41(37-44)47-27-16-17-40-31-36-58-60(59(40)47)52-26-11-14-30-57(52)64-58)46-33-35-51-49-25-10-13-29-54(49)62(56(51)39-46,42-19-5-3-6-20-42)43-21-7-4-8-22-43/h3-39H,1-2H3. The summed E-state index contributed by atoms with van der Waals surface area (Å²) in [6.45, 7) is 4.75. The molecule has 0 aliphatic heterocycles. The van der Waals surface area contributed by atoms with E-state index >= 15 is 0 Å². The van der Waals surface area contributed by atoms with Crippen LogP contribution in [0.2, 0.25) is 0 Å². The van der Waals surface area contributed by atoms with Crippen molar-refractivity contribution >= 4 is 59.3 Å². The van der Waals surface area contributed by atoms with Crippen LogP contribution in [0.25, 0.3) is 64.3 Å². The molecule has 2 aliphatic carbocycles. The van der Waals surface area contributed by atoms with Crippen molar-refractivity contribution in [2.45, 2.75) is 24.7 Å². The van der Waals surface area contributed by atoms with Crippen LogP contribution in [0.3, 0.4) is 0 Å². The van der Waals surface area contributed by atoms with Gasteiger partial charge in [-0.3, -0.25) is 0 Å². The summed E-state index contributed by atoms with van der Waals surface area (Å²) >= 11 is 1.88. The van der Waals surface area contributed by atoms with Crippen molar-refractivity contribution in [3.63, 3.8) is 0 Å². The van der Waals surface area contributed by atoms with Crippen molar-refractivity contribution in [2.24, 2.45) is 0 Å². The fourth-order valence-corrected chi connectivity index (χ4v) is 12.6. The van der Waals surface area contributed by atoms with E-state index in [-0.39, 0.29) is 5.41 Å². The van der Waals surface area contributed by atoms with Crippen LogP contribution in [-0.4, -0.2) is 0 Å². The zero-order valence-electron chi connectivity index (χ0n) is 35.7. The number of nitrogens with zero attached hydrogens (tertiary/aromatic N) is 1. The minimum absolute atomic E-state index is 0.150. The van der Waals surface area contributed by atoms with E-state index in [4.69, 9.17) is 0 Å². The van der Waals surface area contributed by atoms with Crippen molar-refractivity contribution in [1.82, 2.24) is 0 Å². The van der Waals surface area contributed by atoms with E-state index in [9.17, 15) is 0 Å². The van der Waals surface area contributed by atoms with Gasteiger partial charge in [0.05, 0.1) is 5.41 Å². The minimum atomic E-state index is -0.517. The Hall–Kier alpha value is -7.52. The predicted octanol–water partition coefficient (Wildman–Crippen LogP) is 17.0. The summed E-state index contributed by atoms with van der Waals surface area (Å²) in [5, 5.41) is 5.23. The summed E-state index contributed by atoms with van der Waals surface area (Å²) in [4.78, 5) is 2.51. The summed E-state index contributed by atoms with van der Waals surface area (Å²) in [5.41, 5.74) is 18.2. The normalized spacial score (nSPS) is 14.0. The van der Waals surface area contributed by atoms with Crippen molar-refractivity contribution in [1.29, 1.82) is 0 Å². The average molecular weight is 834 g/mol. The van der Waals surface area contributed by atoms with Gasteiger partial charge in [0.2, 0.25) is 0 Å². The first kappa shape index (κ1) is 37.1. The number of benzene rings is 10. The molecular formula is C62H43NS. The molecule has 0 bridgehead atoms. The first-order valence-corrected chi connectivity index (χ1v) is 23.2. The number of fused-ring (bicyclic) bond motifs is 11. The van der Waals surface area contributed by atoms with Gasteiger partial charge in [0.15, 0.2) is 0 Å². The molecule has 2 aliphatic rings. The van der Waals surface area contributed by atoms with Crippen LogP contribution in [0.5, 0.6) is 0 Å². The van der Waals surface area contributed by atoms with Crippen LogP contribution in [0.15, 0.2) is 224 Å². The van der Waals surface area contributed by atoms with Gasteiger partial charge in [-0.25, -0.2) is 0 Å². The van der Waals surface area contributed by atoms with Gasteiger partial charge < -0.3 is 4.90 Å². The van der Waals surface area contributed by atoms with Crippen LogP contribution < -0.4 is 4.90 Å². The summed E-state index contributed by atoms with van der Waals surface area (Å²) < 4.78 is 2.64. The van der Waals surface area contributed by atoms with E-state index in [0.717, 1.165) is 17.1 Å². The molecule has 0 saturated carbocycles. The molecule has 10 aromatic carbocycles. The number of rotatable bonds is 6. The van der Waals surface area contributed by atoms with Gasteiger partial charge in [0.1, 0.15) is 0 Å². The molecule has 0 N–H and O–H groups in total. The van der Waals surface area contributed by atoms with Gasteiger partial charge >= 0.3 is 0 Å². The molecule has 0 atom stereocenters. The Morgan fingerprint density at radius 3 is 1.67 bits per heavy atom. The second kappa shape index (κ2) is 14.0. The first-order chi connectivity index (χ1) is 31.5. The molecule has 11 aromatic rings. The number of hydrogen-bond acceptors (Lipinski definition) is 2. The molecule has 302 valence electrons. The van der Waals surface area contributed by atoms with E-state index in [1.165, 1.54) is 97.7 Å². The molecule has 0 fully saturated rings. The maximum absolute atomic E-state index is 2.51. The van der Waals surface area contributed by atoms with E-state index in [0.29, 0.717) is 0 Å². The Labute approximate surface area is 378 Å². The van der Waals surface area contributed by atoms with Gasteiger partial charge in [0.25, 0.3) is 0 Å². The quantitative estimate of drug-likeness (QED) is 0.161. The average Bonchev–Trinajstić information content (AvgIpc) is 3.96. The molecule has 0 spiro atoms. The molecule has 1 nitrogen and oxygen atoms in total. The lowest BCUT2D eigenvalue weighted by atomic mass is 9.67. The highest BCUT2D eigenvalue weighted by atomic mass is 32.1. The minimum Gasteiger partial charge on any atom is -0.310 e. The number of thiophene rings is 1. The van der Waals surface area contributed by atoms with Crippen LogP contribution in [0.1, 0.15) is 47.2 Å². The predicted molar refractivity (Wildman–Crippen MR) is 272 cm³/mol. The smallest absolute Gasteiger partial charge is 0.0714 e. The van der Waals surface area contributed by atoms with Gasteiger partial charge in [-0.15, -0.1) is 11.3 Å². The second-order valence-electron chi connectivity index (χ2n) is 18.0. The van der Waals surface area contributed by atoms with Crippen molar-refractivity contribution in [3.8, 4) is 33.4 Å². The summed E-state index contributed by atoms with van der Waals surface area (Å²) in [5.74, 6) is 0. The van der Waals surface area contributed by atoms with Gasteiger partial charge in [0, 0.05) is 42.6 Å². The summed E-state index contributed by atoms with van der Waals surface area (Å²) in [6, 6.07) is 84.1. The third-order valence-electron chi connectivity index (χ3n) is 14.3. The highest BCUT2D eigenvalue weighted by molar-refractivity contribution is 7.26.